The quantitative estimate of drug-likeness (QED) is 0.383. The van der Waals surface area contributed by atoms with Gasteiger partial charge < -0.3 is 20.9 Å². The summed E-state index contributed by atoms with van der Waals surface area (Å²) in [6.07, 6.45) is -1.87. The van der Waals surface area contributed by atoms with Crippen LogP contribution in [0, 0.1) is 0 Å². The Balaban J connectivity index is 1.52. The number of alkyl halides is 3. The van der Waals surface area contributed by atoms with Gasteiger partial charge in [0.2, 0.25) is 0 Å². The van der Waals surface area contributed by atoms with Crippen molar-refractivity contribution < 1.29 is 18.0 Å². The first-order valence-electron chi connectivity index (χ1n) is 9.17. The fourth-order valence-electron chi connectivity index (χ4n) is 2.99. The monoisotopic (exact) mass is 475 g/mol. The third-order valence-electron chi connectivity index (χ3n) is 4.50. The van der Waals surface area contributed by atoms with E-state index < -0.39 is 23.1 Å². The van der Waals surface area contributed by atoms with Crippen LogP contribution in [0.4, 0.5) is 35.2 Å². The van der Waals surface area contributed by atoms with Gasteiger partial charge in [-0.1, -0.05) is 11.6 Å². The van der Waals surface area contributed by atoms with Crippen LogP contribution in [0.25, 0.3) is 16.7 Å². The van der Waals surface area contributed by atoms with E-state index in [-0.39, 0.29) is 22.3 Å². The Morgan fingerprint density at radius 1 is 1.03 bits per heavy atom. The Morgan fingerprint density at radius 2 is 1.76 bits per heavy atom. The van der Waals surface area contributed by atoms with Gasteiger partial charge in [0, 0.05) is 23.6 Å². The molecule has 0 unspecified atom stereocenters. The van der Waals surface area contributed by atoms with Gasteiger partial charge in [0.15, 0.2) is 16.2 Å². The molecule has 0 aliphatic heterocycles. The average molecular weight is 476 g/mol. The minimum absolute atomic E-state index is 0.0609. The summed E-state index contributed by atoms with van der Waals surface area (Å²) in [6.45, 7) is 0. The van der Waals surface area contributed by atoms with E-state index in [2.05, 4.69) is 25.6 Å². The molecule has 33 heavy (non-hydrogen) atoms. The van der Waals surface area contributed by atoms with Crippen molar-refractivity contribution in [1.82, 2.24) is 19.5 Å². The summed E-state index contributed by atoms with van der Waals surface area (Å²) in [5.41, 5.74) is 5.55. The molecule has 0 spiro atoms. The number of carbonyl (C=O) groups is 1. The van der Waals surface area contributed by atoms with E-state index >= 15 is 0 Å². The predicted molar refractivity (Wildman–Crippen MR) is 116 cm³/mol. The highest BCUT2D eigenvalue weighted by atomic mass is 35.5. The van der Waals surface area contributed by atoms with Gasteiger partial charge in [-0.3, -0.25) is 4.79 Å². The van der Waals surface area contributed by atoms with Crippen LogP contribution in [0.3, 0.4) is 0 Å². The van der Waals surface area contributed by atoms with Crippen molar-refractivity contribution in [2.24, 2.45) is 0 Å². The van der Waals surface area contributed by atoms with Gasteiger partial charge >= 0.3 is 12.2 Å². The molecule has 0 radical (unpaired) electrons. The molecule has 0 aliphatic rings. The second-order valence-corrected chi connectivity index (χ2v) is 7.02. The highest BCUT2D eigenvalue weighted by Crippen LogP contribution is 2.31. The number of fused-ring (bicyclic) bond motifs is 1. The molecule has 0 atom stereocenters. The third kappa shape index (κ3) is 4.55. The molecular formula is C20H13ClF3N7O2. The molecule has 1 aromatic carbocycles. The minimum Gasteiger partial charge on any atom is -0.383 e. The third-order valence-corrected chi connectivity index (χ3v) is 4.78. The Hall–Kier alpha value is -4.19. The Labute approximate surface area is 188 Å². The number of nitrogens with zero attached hydrogens (tertiary/aromatic N) is 4. The number of nitrogens with two attached hydrogens (primary N) is 1. The molecule has 13 heteroatoms. The van der Waals surface area contributed by atoms with Crippen molar-refractivity contribution in [3.05, 3.63) is 76.1 Å². The highest BCUT2D eigenvalue weighted by Gasteiger charge is 2.33. The number of anilines is 3. The molecule has 3 aromatic heterocycles. The van der Waals surface area contributed by atoms with Gasteiger partial charge in [-0.05, 0) is 36.4 Å². The lowest BCUT2D eigenvalue weighted by molar-refractivity contribution is -0.141. The van der Waals surface area contributed by atoms with Crippen molar-refractivity contribution in [3.63, 3.8) is 0 Å². The second kappa shape index (κ2) is 8.39. The standard InChI is InChI=1S/C20H13ClF3N7O2/c21-16-12(5-6-14(30-16)20(22,23)24)29-19(33)28-10-1-3-11(4-2-10)31-8-7-13(32)15-17(25)26-9-27-18(15)31/h1-9H,(H2,25,26,27)(H2,28,29,33). The van der Waals surface area contributed by atoms with Gasteiger partial charge in [0.05, 0.1) is 5.69 Å². The van der Waals surface area contributed by atoms with E-state index in [1.54, 1.807) is 28.8 Å². The summed E-state index contributed by atoms with van der Waals surface area (Å²) in [7, 11) is 0. The fraction of sp³-hybridized carbons (Fsp3) is 0.0500. The molecule has 3 heterocycles. The number of hydrogen-bond donors (Lipinski definition) is 3. The molecule has 2 amide bonds. The first-order valence-corrected chi connectivity index (χ1v) is 9.55. The molecule has 0 saturated heterocycles. The van der Waals surface area contributed by atoms with Crippen LogP contribution < -0.4 is 21.8 Å². The molecule has 168 valence electrons. The van der Waals surface area contributed by atoms with Crippen LogP contribution in [-0.4, -0.2) is 25.6 Å². The Morgan fingerprint density at radius 3 is 2.42 bits per heavy atom. The average Bonchev–Trinajstić information content (AvgIpc) is 2.75. The first kappa shape index (κ1) is 22.0. The van der Waals surface area contributed by atoms with E-state index in [0.29, 0.717) is 23.1 Å². The van der Waals surface area contributed by atoms with Crippen molar-refractivity contribution in [2.45, 2.75) is 6.18 Å². The van der Waals surface area contributed by atoms with Crippen LogP contribution in [0.5, 0.6) is 0 Å². The van der Waals surface area contributed by atoms with Crippen molar-refractivity contribution in [1.29, 1.82) is 0 Å². The van der Waals surface area contributed by atoms with Crippen LogP contribution in [-0.2, 0) is 6.18 Å². The zero-order valence-electron chi connectivity index (χ0n) is 16.4. The number of nitrogens with one attached hydrogen (secondary N) is 2. The van der Waals surface area contributed by atoms with E-state index in [1.807, 2.05) is 0 Å². The lowest BCUT2D eigenvalue weighted by atomic mass is 10.2. The van der Waals surface area contributed by atoms with Crippen LogP contribution >= 0.6 is 11.6 Å². The number of aromatic nitrogens is 4. The number of rotatable bonds is 3. The van der Waals surface area contributed by atoms with Gasteiger partial charge in [0.1, 0.15) is 23.2 Å². The Bertz CT molecular complexity index is 1420. The lowest BCUT2D eigenvalue weighted by Crippen LogP contribution is -2.20. The number of carbonyl (C=O) groups excluding carboxylic acids is 1. The second-order valence-electron chi connectivity index (χ2n) is 6.67. The van der Waals surface area contributed by atoms with Crippen LogP contribution in [0.2, 0.25) is 5.15 Å². The van der Waals surface area contributed by atoms with Crippen LogP contribution in [0.15, 0.2) is 59.8 Å². The predicted octanol–water partition coefficient (Wildman–Crippen LogP) is 4.07. The topological polar surface area (TPSA) is 128 Å². The van der Waals surface area contributed by atoms with Crippen molar-refractivity contribution >= 4 is 45.9 Å². The molecule has 4 N–H and O–H groups in total. The lowest BCUT2D eigenvalue weighted by Gasteiger charge is -2.13. The molecule has 0 aliphatic carbocycles. The normalized spacial score (nSPS) is 11.4. The number of amides is 2. The Kier molecular flexibility index (Phi) is 5.60. The number of urea groups is 1. The van der Waals surface area contributed by atoms with Gasteiger partial charge in [-0.15, -0.1) is 0 Å². The molecule has 4 rings (SSSR count). The molecule has 0 fully saturated rings. The number of hydrogen-bond acceptors (Lipinski definition) is 6. The number of halogens is 4. The largest absolute Gasteiger partial charge is 0.433 e. The smallest absolute Gasteiger partial charge is 0.383 e. The van der Waals surface area contributed by atoms with Crippen LogP contribution in [0.1, 0.15) is 5.69 Å². The maximum absolute atomic E-state index is 12.7. The van der Waals surface area contributed by atoms with E-state index in [9.17, 15) is 22.8 Å². The van der Waals surface area contributed by atoms with Crippen molar-refractivity contribution in [3.8, 4) is 5.69 Å². The zero-order valence-corrected chi connectivity index (χ0v) is 17.1. The van der Waals surface area contributed by atoms with E-state index in [1.165, 1.54) is 18.6 Å². The molecular weight excluding hydrogens is 463 g/mol. The number of benzene rings is 1. The summed E-state index contributed by atoms with van der Waals surface area (Å²) in [5.74, 6) is 0.0609. The maximum Gasteiger partial charge on any atom is 0.433 e. The summed E-state index contributed by atoms with van der Waals surface area (Å²) in [5, 5.41) is 4.56. The number of nitrogen functional groups attached to an aromatic ring is 1. The summed E-state index contributed by atoms with van der Waals surface area (Å²) < 4.78 is 39.7. The van der Waals surface area contributed by atoms with Gasteiger partial charge in [-0.2, -0.15) is 13.2 Å². The van der Waals surface area contributed by atoms with Crippen molar-refractivity contribution in [2.75, 3.05) is 16.4 Å². The molecule has 0 saturated carbocycles. The van der Waals surface area contributed by atoms with E-state index in [0.717, 1.165) is 6.07 Å². The van der Waals surface area contributed by atoms with Gasteiger partial charge in [0.25, 0.3) is 0 Å². The summed E-state index contributed by atoms with van der Waals surface area (Å²) in [4.78, 5) is 35.5. The zero-order chi connectivity index (χ0) is 23.8. The highest BCUT2D eigenvalue weighted by molar-refractivity contribution is 6.32. The first-order chi connectivity index (χ1) is 15.6. The summed E-state index contributed by atoms with van der Waals surface area (Å²) >= 11 is 5.74. The summed E-state index contributed by atoms with van der Waals surface area (Å²) in [6, 6.07) is 8.79. The fourth-order valence-corrected chi connectivity index (χ4v) is 3.19. The minimum atomic E-state index is -4.65. The molecule has 0 bridgehead atoms. The molecule has 9 nitrogen and oxygen atoms in total. The molecule has 4 aromatic rings. The number of pyridine rings is 2. The maximum atomic E-state index is 12.7. The van der Waals surface area contributed by atoms with E-state index in [4.69, 9.17) is 17.3 Å². The van der Waals surface area contributed by atoms with Gasteiger partial charge in [-0.25, -0.2) is 19.7 Å². The SMILES string of the molecule is Nc1ncnc2c1c(=O)ccn2-c1ccc(NC(=O)Nc2ccc(C(F)(F)F)nc2Cl)cc1.